The third kappa shape index (κ3) is 4.43. The van der Waals surface area contributed by atoms with Crippen LogP contribution < -0.4 is 0 Å². The number of thiophene rings is 1. The van der Waals surface area contributed by atoms with Gasteiger partial charge in [-0.25, -0.2) is 8.42 Å². The van der Waals surface area contributed by atoms with Crippen molar-refractivity contribution >= 4 is 33.0 Å². The maximum atomic E-state index is 12.9. The monoisotopic (exact) mass is 435 g/mol. The largest absolute Gasteiger partial charge is 0.452 e. The van der Waals surface area contributed by atoms with Gasteiger partial charge in [0.05, 0.1) is 28.3 Å². The SMILES string of the molecule is Cc1c(-c2ccc(C(=O)N3CCCC(=NS(C)(=O)=O)C3)s2)noc1C(F)(F)F. The lowest BCUT2D eigenvalue weighted by Crippen LogP contribution is -2.40. The maximum absolute atomic E-state index is 12.9. The second-order valence-corrected chi connectivity index (χ2v) is 9.10. The average molecular weight is 435 g/mol. The Morgan fingerprint density at radius 1 is 1.36 bits per heavy atom. The van der Waals surface area contributed by atoms with Crippen LogP contribution >= 0.6 is 11.3 Å². The van der Waals surface area contributed by atoms with Gasteiger partial charge in [0.15, 0.2) is 0 Å². The molecule has 3 rings (SSSR count). The van der Waals surface area contributed by atoms with Crippen LogP contribution in [0.1, 0.15) is 33.8 Å². The van der Waals surface area contributed by atoms with Crippen LogP contribution in [0.2, 0.25) is 0 Å². The van der Waals surface area contributed by atoms with E-state index in [4.69, 9.17) is 0 Å². The smallest absolute Gasteiger partial charge is 0.351 e. The van der Waals surface area contributed by atoms with Crippen LogP contribution in [0.5, 0.6) is 0 Å². The normalized spacial score (nSPS) is 17.3. The number of nitrogens with zero attached hydrogens (tertiary/aromatic N) is 3. The maximum Gasteiger partial charge on any atom is 0.452 e. The van der Waals surface area contributed by atoms with Gasteiger partial charge in [0, 0.05) is 12.1 Å². The summed E-state index contributed by atoms with van der Waals surface area (Å²) >= 11 is 1.00. The van der Waals surface area contributed by atoms with Crippen molar-refractivity contribution in [2.24, 2.45) is 4.40 Å². The number of halogens is 3. The van der Waals surface area contributed by atoms with Crippen LogP contribution in [0.25, 0.3) is 10.6 Å². The molecule has 0 N–H and O–H groups in total. The molecule has 0 aliphatic carbocycles. The molecule has 1 aliphatic heterocycles. The molecule has 3 heterocycles. The van der Waals surface area contributed by atoms with Crippen molar-refractivity contribution in [1.82, 2.24) is 10.1 Å². The predicted molar refractivity (Wildman–Crippen MR) is 97.0 cm³/mol. The van der Waals surface area contributed by atoms with Gasteiger partial charge in [-0.2, -0.15) is 17.6 Å². The molecule has 1 saturated heterocycles. The summed E-state index contributed by atoms with van der Waals surface area (Å²) in [5.74, 6) is -1.50. The second-order valence-electron chi connectivity index (χ2n) is 6.37. The molecule has 28 heavy (non-hydrogen) atoms. The summed E-state index contributed by atoms with van der Waals surface area (Å²) < 4.78 is 69.3. The molecule has 0 radical (unpaired) electrons. The number of piperidine rings is 1. The third-order valence-electron chi connectivity index (χ3n) is 4.08. The van der Waals surface area contributed by atoms with E-state index in [1.54, 1.807) is 0 Å². The summed E-state index contributed by atoms with van der Waals surface area (Å²) in [6, 6.07) is 3.02. The van der Waals surface area contributed by atoms with Gasteiger partial charge >= 0.3 is 6.18 Å². The molecule has 12 heteroatoms. The van der Waals surface area contributed by atoms with Crippen LogP contribution in [0.3, 0.4) is 0 Å². The summed E-state index contributed by atoms with van der Waals surface area (Å²) in [6.45, 7) is 1.80. The van der Waals surface area contributed by atoms with Crippen molar-refractivity contribution in [2.75, 3.05) is 19.3 Å². The lowest BCUT2D eigenvalue weighted by Gasteiger charge is -2.27. The Labute approximate surface area is 162 Å². The summed E-state index contributed by atoms with van der Waals surface area (Å²) in [5, 5.41) is 3.49. The van der Waals surface area contributed by atoms with E-state index in [0.717, 1.165) is 17.6 Å². The predicted octanol–water partition coefficient (Wildman–Crippen LogP) is 3.37. The van der Waals surface area contributed by atoms with Gasteiger partial charge in [-0.05, 0) is 31.9 Å². The van der Waals surface area contributed by atoms with E-state index in [1.807, 2.05) is 0 Å². The van der Waals surface area contributed by atoms with Crippen molar-refractivity contribution in [3.8, 4) is 10.6 Å². The van der Waals surface area contributed by atoms with E-state index in [1.165, 1.54) is 24.0 Å². The zero-order valence-corrected chi connectivity index (χ0v) is 16.5. The van der Waals surface area contributed by atoms with E-state index in [9.17, 15) is 26.4 Å². The number of amides is 1. The van der Waals surface area contributed by atoms with Gasteiger partial charge in [0.2, 0.25) is 15.8 Å². The molecule has 0 unspecified atom stereocenters. The van der Waals surface area contributed by atoms with Crippen molar-refractivity contribution in [3.05, 3.63) is 28.3 Å². The molecule has 1 fully saturated rings. The molecule has 2 aromatic heterocycles. The Balaban J connectivity index is 1.82. The highest BCUT2D eigenvalue weighted by atomic mass is 32.2. The Bertz CT molecular complexity index is 1040. The first-order valence-electron chi connectivity index (χ1n) is 8.16. The number of sulfonamides is 1. The van der Waals surface area contributed by atoms with E-state index in [0.29, 0.717) is 34.9 Å². The van der Waals surface area contributed by atoms with E-state index >= 15 is 0 Å². The highest BCUT2D eigenvalue weighted by Crippen LogP contribution is 2.38. The fourth-order valence-electron chi connectivity index (χ4n) is 2.90. The highest BCUT2D eigenvalue weighted by molar-refractivity contribution is 7.89. The summed E-state index contributed by atoms with van der Waals surface area (Å²) in [4.78, 5) is 14.9. The van der Waals surface area contributed by atoms with Gasteiger partial charge in [0.25, 0.3) is 5.91 Å². The van der Waals surface area contributed by atoms with Crippen LogP contribution in [0.15, 0.2) is 21.1 Å². The van der Waals surface area contributed by atoms with Gasteiger partial charge in [-0.1, -0.05) is 5.16 Å². The Morgan fingerprint density at radius 2 is 2.07 bits per heavy atom. The molecular weight excluding hydrogens is 419 g/mol. The molecule has 152 valence electrons. The molecule has 0 atom stereocenters. The first kappa shape index (κ1) is 20.5. The van der Waals surface area contributed by atoms with Crippen molar-refractivity contribution in [1.29, 1.82) is 0 Å². The van der Waals surface area contributed by atoms with Gasteiger partial charge in [-0.3, -0.25) is 4.79 Å². The lowest BCUT2D eigenvalue weighted by molar-refractivity contribution is -0.156. The number of likely N-dealkylation sites (tertiary alicyclic amines) is 1. The van der Waals surface area contributed by atoms with Crippen LogP contribution in [-0.4, -0.2) is 49.4 Å². The number of aromatic nitrogens is 1. The number of rotatable bonds is 3. The molecule has 0 spiro atoms. The number of hydrogen-bond donors (Lipinski definition) is 0. The molecule has 0 bridgehead atoms. The standard InChI is InChI=1S/C16H16F3N3O4S2/c1-9-13(20-26-14(9)16(17,18)19)11-5-6-12(27-11)15(23)22-7-3-4-10(8-22)21-28(2,24)25/h5-6H,3-4,7-8H2,1-2H3. The van der Waals surface area contributed by atoms with Crippen molar-refractivity contribution < 1.29 is 30.9 Å². The first-order valence-corrected chi connectivity index (χ1v) is 10.8. The van der Waals surface area contributed by atoms with Gasteiger partial charge in [-0.15, -0.1) is 11.3 Å². The average Bonchev–Trinajstić information content (AvgIpc) is 3.18. The van der Waals surface area contributed by atoms with Gasteiger partial charge in [0.1, 0.15) is 5.69 Å². The molecule has 7 nitrogen and oxygen atoms in total. The van der Waals surface area contributed by atoms with Crippen molar-refractivity contribution in [3.63, 3.8) is 0 Å². The van der Waals surface area contributed by atoms with Crippen molar-refractivity contribution in [2.45, 2.75) is 25.9 Å². The number of hydrogen-bond acceptors (Lipinski definition) is 6. The van der Waals surface area contributed by atoms with Crippen LogP contribution in [-0.2, 0) is 16.2 Å². The zero-order chi connectivity index (χ0) is 20.7. The third-order valence-corrected chi connectivity index (χ3v) is 5.75. The number of alkyl halides is 3. The lowest BCUT2D eigenvalue weighted by atomic mass is 10.1. The zero-order valence-electron chi connectivity index (χ0n) is 14.9. The first-order chi connectivity index (χ1) is 13.0. The molecule has 1 aliphatic rings. The molecule has 0 aromatic carbocycles. The van der Waals surface area contributed by atoms with E-state index in [2.05, 4.69) is 14.1 Å². The molecular formula is C16H16F3N3O4S2. The number of carbonyl (C=O) groups excluding carboxylic acids is 1. The minimum atomic E-state index is -4.64. The van der Waals surface area contributed by atoms with Gasteiger partial charge < -0.3 is 9.42 Å². The summed E-state index contributed by atoms with van der Waals surface area (Å²) in [6.07, 6.45) is -2.59. The topological polar surface area (TPSA) is 92.8 Å². The number of carbonyl (C=O) groups is 1. The summed E-state index contributed by atoms with van der Waals surface area (Å²) in [5.41, 5.74) is 0.296. The Morgan fingerprint density at radius 3 is 2.68 bits per heavy atom. The minimum absolute atomic E-state index is 0.0364. The van der Waals surface area contributed by atoms with Crippen LogP contribution in [0.4, 0.5) is 13.2 Å². The van der Waals surface area contributed by atoms with E-state index < -0.39 is 22.0 Å². The second kappa shape index (κ2) is 7.32. The highest BCUT2D eigenvalue weighted by Gasteiger charge is 2.39. The van der Waals surface area contributed by atoms with Crippen LogP contribution in [0, 0.1) is 6.92 Å². The Kier molecular flexibility index (Phi) is 5.36. The van der Waals surface area contributed by atoms with E-state index in [-0.39, 0.29) is 23.7 Å². The quantitative estimate of drug-likeness (QED) is 0.737. The molecule has 2 aromatic rings. The fourth-order valence-corrected chi connectivity index (χ4v) is 4.53. The fraction of sp³-hybridized carbons (Fsp3) is 0.438. The molecule has 1 amide bonds. The molecule has 0 saturated carbocycles. The summed E-state index contributed by atoms with van der Waals surface area (Å²) in [7, 11) is -3.54. The Hall–Kier alpha value is -2.21. The minimum Gasteiger partial charge on any atom is -0.351 e.